The minimum absolute atomic E-state index is 0.0511. The highest BCUT2D eigenvalue weighted by Crippen LogP contribution is 2.44. The van der Waals surface area contributed by atoms with Crippen molar-refractivity contribution in [3.05, 3.63) is 53.1 Å². The highest BCUT2D eigenvalue weighted by Gasteiger charge is 2.35. The molecule has 2 aromatic rings. The molecular weight excluding hydrogens is 320 g/mol. The van der Waals surface area contributed by atoms with Gasteiger partial charge in [0.25, 0.3) is 0 Å². The summed E-state index contributed by atoms with van der Waals surface area (Å²) >= 11 is 0. The van der Waals surface area contributed by atoms with E-state index in [1.54, 1.807) is 18.2 Å². The van der Waals surface area contributed by atoms with Gasteiger partial charge in [0.2, 0.25) is 0 Å². The summed E-state index contributed by atoms with van der Waals surface area (Å²) in [6, 6.07) is 7.70. The van der Waals surface area contributed by atoms with Crippen molar-refractivity contribution in [3.63, 3.8) is 0 Å². The van der Waals surface area contributed by atoms with E-state index in [-0.39, 0.29) is 23.9 Å². The Labute approximate surface area is 145 Å². The van der Waals surface area contributed by atoms with Crippen molar-refractivity contribution in [2.24, 2.45) is 0 Å². The van der Waals surface area contributed by atoms with Gasteiger partial charge in [0, 0.05) is 11.6 Å². The van der Waals surface area contributed by atoms with Gasteiger partial charge in [-0.2, -0.15) is 0 Å². The molecule has 0 amide bonds. The largest absolute Gasteiger partial charge is 0.508 e. The van der Waals surface area contributed by atoms with E-state index in [1.165, 1.54) is 12.1 Å². The van der Waals surface area contributed by atoms with Crippen LogP contribution in [0.15, 0.2) is 36.4 Å². The van der Waals surface area contributed by atoms with Gasteiger partial charge >= 0.3 is 0 Å². The maximum atomic E-state index is 12.9. The summed E-state index contributed by atoms with van der Waals surface area (Å²) in [6.07, 6.45) is 3.85. The van der Waals surface area contributed by atoms with E-state index in [9.17, 15) is 15.0 Å². The lowest BCUT2D eigenvalue weighted by Crippen LogP contribution is -2.30. The first kappa shape index (κ1) is 15.6. The Bertz CT molecular complexity index is 911. The van der Waals surface area contributed by atoms with Crippen LogP contribution in [0.2, 0.25) is 0 Å². The number of hydrogen-bond donors (Lipinski definition) is 2. The highest BCUT2D eigenvalue weighted by molar-refractivity contribution is 6.05. The van der Waals surface area contributed by atoms with Crippen LogP contribution in [0, 0.1) is 0 Å². The zero-order valence-corrected chi connectivity index (χ0v) is 13.9. The van der Waals surface area contributed by atoms with Gasteiger partial charge in [-0.3, -0.25) is 4.79 Å². The van der Waals surface area contributed by atoms with Crippen LogP contribution in [0.4, 0.5) is 0 Å². The second-order valence-electron chi connectivity index (χ2n) is 6.86. The summed E-state index contributed by atoms with van der Waals surface area (Å²) in [4.78, 5) is 12.9. The number of rotatable bonds is 1. The minimum atomic E-state index is -0.615. The molecule has 0 bridgehead atoms. The van der Waals surface area contributed by atoms with Crippen molar-refractivity contribution >= 4 is 11.9 Å². The van der Waals surface area contributed by atoms with Crippen LogP contribution < -0.4 is 9.47 Å². The lowest BCUT2D eigenvalue weighted by molar-refractivity contribution is 0.0892. The first-order chi connectivity index (χ1) is 11.9. The quantitative estimate of drug-likeness (QED) is 0.830. The molecule has 0 aliphatic carbocycles. The predicted octanol–water partition coefficient (Wildman–Crippen LogP) is 3.64. The van der Waals surface area contributed by atoms with Crippen molar-refractivity contribution in [2.45, 2.75) is 25.4 Å². The molecule has 2 aromatic carbocycles. The summed E-state index contributed by atoms with van der Waals surface area (Å²) < 4.78 is 11.8. The SMILES string of the molecule is CC1(C)C=Cc2c(ccc3c2OCC(c2ccc(O)cc2O)C3=O)O1. The predicted molar refractivity (Wildman–Crippen MR) is 92.5 cm³/mol. The Kier molecular flexibility index (Phi) is 3.29. The monoisotopic (exact) mass is 338 g/mol. The van der Waals surface area contributed by atoms with Crippen LogP contribution in [0.5, 0.6) is 23.0 Å². The minimum Gasteiger partial charge on any atom is -0.508 e. The number of Topliss-reactive ketones (excluding diaryl/α,β-unsaturated/α-hetero) is 1. The van der Waals surface area contributed by atoms with Gasteiger partial charge in [-0.15, -0.1) is 0 Å². The maximum absolute atomic E-state index is 12.9. The molecule has 0 fully saturated rings. The first-order valence-electron chi connectivity index (χ1n) is 8.10. The van der Waals surface area contributed by atoms with E-state index in [4.69, 9.17) is 9.47 Å². The van der Waals surface area contributed by atoms with E-state index in [1.807, 2.05) is 26.0 Å². The fraction of sp³-hybridized carbons (Fsp3) is 0.250. The molecule has 2 N–H and O–H groups in total. The van der Waals surface area contributed by atoms with E-state index < -0.39 is 11.5 Å². The highest BCUT2D eigenvalue weighted by atomic mass is 16.5. The van der Waals surface area contributed by atoms with Crippen LogP contribution in [0.25, 0.3) is 6.08 Å². The standard InChI is InChI=1S/C20H18O5/c1-20(2)8-7-13-17(25-20)6-5-14-18(23)15(10-24-19(13)14)12-4-3-11(21)9-16(12)22/h3-9,15,21-22H,10H2,1-2H3. The molecule has 2 aliphatic rings. The van der Waals surface area contributed by atoms with Crippen molar-refractivity contribution in [3.8, 4) is 23.0 Å². The third-order valence-electron chi connectivity index (χ3n) is 4.55. The topological polar surface area (TPSA) is 76.0 Å². The third kappa shape index (κ3) is 2.52. The van der Waals surface area contributed by atoms with Gasteiger partial charge in [0.05, 0.1) is 17.0 Å². The summed E-state index contributed by atoms with van der Waals surface area (Å²) in [5.41, 5.74) is 1.27. The molecule has 128 valence electrons. The molecule has 0 spiro atoms. The summed E-state index contributed by atoms with van der Waals surface area (Å²) in [5.74, 6) is 0.297. The van der Waals surface area contributed by atoms with Crippen LogP contribution in [0.3, 0.4) is 0 Å². The smallest absolute Gasteiger partial charge is 0.177 e. The van der Waals surface area contributed by atoms with Crippen molar-refractivity contribution in [2.75, 3.05) is 6.61 Å². The van der Waals surface area contributed by atoms with E-state index in [0.29, 0.717) is 22.6 Å². The zero-order valence-electron chi connectivity index (χ0n) is 13.9. The molecule has 4 rings (SSSR count). The van der Waals surface area contributed by atoms with E-state index in [0.717, 1.165) is 5.56 Å². The van der Waals surface area contributed by atoms with Crippen LogP contribution in [-0.2, 0) is 0 Å². The second-order valence-corrected chi connectivity index (χ2v) is 6.86. The number of ketones is 1. The summed E-state index contributed by atoms with van der Waals surface area (Å²) in [6.45, 7) is 4.04. The van der Waals surface area contributed by atoms with E-state index in [2.05, 4.69) is 0 Å². The number of phenols is 2. The molecule has 1 atom stereocenters. The third-order valence-corrected chi connectivity index (χ3v) is 4.55. The molecule has 2 heterocycles. The molecule has 2 aliphatic heterocycles. The van der Waals surface area contributed by atoms with Gasteiger partial charge in [-0.05, 0) is 44.2 Å². The number of carbonyl (C=O) groups is 1. The molecule has 0 radical (unpaired) electrons. The van der Waals surface area contributed by atoms with Gasteiger partial charge in [-0.1, -0.05) is 6.07 Å². The number of aromatic hydroxyl groups is 2. The fourth-order valence-electron chi connectivity index (χ4n) is 3.27. The van der Waals surface area contributed by atoms with Gasteiger partial charge in [0.1, 0.15) is 35.2 Å². The normalized spacial score (nSPS) is 20.2. The maximum Gasteiger partial charge on any atom is 0.177 e. The lowest BCUT2D eigenvalue weighted by atomic mass is 9.86. The van der Waals surface area contributed by atoms with Crippen LogP contribution in [-0.4, -0.2) is 28.2 Å². The Balaban J connectivity index is 1.75. The molecule has 0 saturated carbocycles. The number of hydrogen-bond acceptors (Lipinski definition) is 5. The molecule has 5 heteroatoms. The average molecular weight is 338 g/mol. The Morgan fingerprint density at radius 2 is 1.96 bits per heavy atom. The Hall–Kier alpha value is -2.95. The Morgan fingerprint density at radius 3 is 2.72 bits per heavy atom. The molecular formula is C20H18O5. The Morgan fingerprint density at radius 1 is 1.16 bits per heavy atom. The number of carbonyl (C=O) groups excluding carboxylic acids is 1. The first-order valence-corrected chi connectivity index (χ1v) is 8.10. The number of fused-ring (bicyclic) bond motifs is 3. The summed E-state index contributed by atoms with van der Waals surface area (Å²) in [5, 5.41) is 19.5. The lowest BCUT2D eigenvalue weighted by Gasteiger charge is -2.32. The molecule has 25 heavy (non-hydrogen) atoms. The summed E-state index contributed by atoms with van der Waals surface area (Å²) in [7, 11) is 0. The molecule has 5 nitrogen and oxygen atoms in total. The number of benzene rings is 2. The molecule has 0 aromatic heterocycles. The zero-order chi connectivity index (χ0) is 17.8. The van der Waals surface area contributed by atoms with Crippen molar-refractivity contribution < 1.29 is 24.5 Å². The average Bonchev–Trinajstić information content (AvgIpc) is 2.54. The van der Waals surface area contributed by atoms with Gasteiger partial charge in [-0.25, -0.2) is 0 Å². The fourth-order valence-corrected chi connectivity index (χ4v) is 3.27. The van der Waals surface area contributed by atoms with Crippen molar-refractivity contribution in [1.82, 2.24) is 0 Å². The van der Waals surface area contributed by atoms with Crippen LogP contribution in [0.1, 0.15) is 41.3 Å². The molecule has 0 saturated heterocycles. The van der Waals surface area contributed by atoms with Crippen molar-refractivity contribution in [1.29, 1.82) is 0 Å². The second kappa shape index (κ2) is 5.28. The number of ether oxygens (including phenoxy) is 2. The van der Waals surface area contributed by atoms with E-state index >= 15 is 0 Å². The van der Waals surface area contributed by atoms with Crippen LogP contribution >= 0.6 is 0 Å². The number of phenolic OH excluding ortho intramolecular Hbond substituents is 2. The molecule has 1 unspecified atom stereocenters. The van der Waals surface area contributed by atoms with Gasteiger partial charge < -0.3 is 19.7 Å². The van der Waals surface area contributed by atoms with Gasteiger partial charge in [0.15, 0.2) is 5.78 Å².